The number of aromatic nitrogens is 1. The molecule has 18 heavy (non-hydrogen) atoms. The van der Waals surface area contributed by atoms with Crippen molar-refractivity contribution in [3.63, 3.8) is 0 Å². The van der Waals surface area contributed by atoms with Gasteiger partial charge < -0.3 is 10.1 Å². The van der Waals surface area contributed by atoms with Crippen LogP contribution in [-0.2, 0) is 6.61 Å². The van der Waals surface area contributed by atoms with Gasteiger partial charge in [0.25, 0.3) is 0 Å². The summed E-state index contributed by atoms with van der Waals surface area (Å²) in [6, 6.07) is 10.1. The number of hydrogen-bond donors (Lipinski definition) is 1. The molecule has 1 heterocycles. The number of thiazole rings is 1. The molecular formula is C14H18N2OS. The van der Waals surface area contributed by atoms with Crippen molar-refractivity contribution in [3.05, 3.63) is 46.4 Å². The minimum absolute atomic E-state index is 0.303. The zero-order valence-electron chi connectivity index (χ0n) is 10.7. The highest BCUT2D eigenvalue weighted by Gasteiger charge is 2.08. The lowest BCUT2D eigenvalue weighted by atomic mass is 10.2. The van der Waals surface area contributed by atoms with E-state index in [9.17, 15) is 0 Å². The van der Waals surface area contributed by atoms with Gasteiger partial charge >= 0.3 is 0 Å². The SMILES string of the molecule is CCNC(C)c1csc(COc2ccccc2)n1. The van der Waals surface area contributed by atoms with Crippen molar-refractivity contribution in [2.24, 2.45) is 0 Å². The maximum Gasteiger partial charge on any atom is 0.140 e. The first kappa shape index (κ1) is 13.1. The van der Waals surface area contributed by atoms with E-state index in [1.54, 1.807) is 11.3 Å². The Morgan fingerprint density at radius 1 is 1.33 bits per heavy atom. The predicted octanol–water partition coefficient (Wildman–Crippen LogP) is 3.39. The van der Waals surface area contributed by atoms with Gasteiger partial charge in [0.2, 0.25) is 0 Å². The van der Waals surface area contributed by atoms with E-state index < -0.39 is 0 Å². The number of rotatable bonds is 6. The van der Waals surface area contributed by atoms with Crippen LogP contribution in [0.4, 0.5) is 0 Å². The number of para-hydroxylation sites is 1. The molecule has 0 spiro atoms. The first-order valence-electron chi connectivity index (χ1n) is 6.15. The van der Waals surface area contributed by atoms with E-state index in [4.69, 9.17) is 4.74 Å². The highest BCUT2D eigenvalue weighted by Crippen LogP contribution is 2.18. The number of hydrogen-bond acceptors (Lipinski definition) is 4. The van der Waals surface area contributed by atoms with Crippen LogP contribution in [-0.4, -0.2) is 11.5 Å². The molecule has 0 fully saturated rings. The molecule has 3 nitrogen and oxygen atoms in total. The van der Waals surface area contributed by atoms with E-state index in [0.717, 1.165) is 23.0 Å². The normalized spacial score (nSPS) is 12.3. The lowest BCUT2D eigenvalue weighted by Crippen LogP contribution is -2.18. The Bertz CT molecular complexity index is 470. The Kier molecular flexibility index (Phi) is 4.73. The quantitative estimate of drug-likeness (QED) is 0.866. The van der Waals surface area contributed by atoms with Crippen LogP contribution >= 0.6 is 11.3 Å². The zero-order chi connectivity index (χ0) is 12.8. The molecule has 0 saturated heterocycles. The second kappa shape index (κ2) is 6.52. The summed E-state index contributed by atoms with van der Waals surface area (Å²) in [6.45, 7) is 5.71. The predicted molar refractivity (Wildman–Crippen MR) is 75.0 cm³/mol. The van der Waals surface area contributed by atoms with Gasteiger partial charge in [0.15, 0.2) is 0 Å². The van der Waals surface area contributed by atoms with Gasteiger partial charge in [-0.2, -0.15) is 0 Å². The summed E-state index contributed by atoms with van der Waals surface area (Å²) in [6.07, 6.45) is 0. The summed E-state index contributed by atoms with van der Waals surface area (Å²) in [5, 5.41) is 6.46. The standard InChI is InChI=1S/C14H18N2OS/c1-3-15-11(2)13-10-18-14(16-13)9-17-12-7-5-4-6-8-12/h4-8,10-11,15H,3,9H2,1-2H3. The maximum atomic E-state index is 5.67. The van der Waals surface area contributed by atoms with Gasteiger partial charge in [0.1, 0.15) is 17.4 Å². The average molecular weight is 262 g/mol. The Morgan fingerprint density at radius 2 is 2.11 bits per heavy atom. The molecule has 0 bridgehead atoms. The van der Waals surface area contributed by atoms with Crippen LogP contribution in [0.2, 0.25) is 0 Å². The monoisotopic (exact) mass is 262 g/mol. The fourth-order valence-electron chi connectivity index (χ4n) is 1.66. The zero-order valence-corrected chi connectivity index (χ0v) is 11.5. The van der Waals surface area contributed by atoms with Crippen LogP contribution in [0.5, 0.6) is 5.75 Å². The van der Waals surface area contributed by atoms with E-state index >= 15 is 0 Å². The number of ether oxygens (including phenoxy) is 1. The van der Waals surface area contributed by atoms with Crippen molar-refractivity contribution < 1.29 is 4.74 Å². The first-order chi connectivity index (χ1) is 8.79. The molecule has 1 atom stereocenters. The summed E-state index contributed by atoms with van der Waals surface area (Å²) in [5.41, 5.74) is 1.09. The third kappa shape index (κ3) is 3.55. The van der Waals surface area contributed by atoms with Crippen LogP contribution in [0, 0.1) is 0 Å². The minimum Gasteiger partial charge on any atom is -0.486 e. The Labute approximate surface area is 112 Å². The number of benzene rings is 1. The van der Waals surface area contributed by atoms with E-state index in [1.165, 1.54) is 0 Å². The molecule has 1 N–H and O–H groups in total. The van der Waals surface area contributed by atoms with E-state index in [2.05, 4.69) is 29.5 Å². The third-order valence-electron chi connectivity index (χ3n) is 2.63. The van der Waals surface area contributed by atoms with Gasteiger partial charge in [-0.3, -0.25) is 0 Å². The lowest BCUT2D eigenvalue weighted by Gasteiger charge is -2.08. The second-order valence-electron chi connectivity index (χ2n) is 4.05. The fourth-order valence-corrected chi connectivity index (χ4v) is 2.46. The van der Waals surface area contributed by atoms with Crippen molar-refractivity contribution in [2.75, 3.05) is 6.54 Å². The summed E-state index contributed by atoms with van der Waals surface area (Å²) in [5.74, 6) is 0.883. The van der Waals surface area contributed by atoms with Crippen LogP contribution in [0.1, 0.15) is 30.6 Å². The van der Waals surface area contributed by atoms with Gasteiger partial charge in [-0.05, 0) is 25.6 Å². The van der Waals surface area contributed by atoms with Crippen molar-refractivity contribution in [2.45, 2.75) is 26.5 Å². The highest BCUT2D eigenvalue weighted by atomic mass is 32.1. The number of nitrogens with zero attached hydrogens (tertiary/aromatic N) is 1. The first-order valence-corrected chi connectivity index (χ1v) is 7.03. The van der Waals surface area contributed by atoms with Crippen LogP contribution in [0.15, 0.2) is 35.7 Å². The molecule has 2 rings (SSSR count). The van der Waals surface area contributed by atoms with Gasteiger partial charge in [-0.1, -0.05) is 25.1 Å². The molecule has 0 radical (unpaired) electrons. The molecule has 1 aromatic heterocycles. The van der Waals surface area contributed by atoms with Crippen LogP contribution < -0.4 is 10.1 Å². The smallest absolute Gasteiger partial charge is 0.140 e. The Balaban J connectivity index is 1.91. The molecule has 0 amide bonds. The molecule has 2 aromatic rings. The van der Waals surface area contributed by atoms with Crippen molar-refractivity contribution >= 4 is 11.3 Å². The maximum absolute atomic E-state index is 5.67. The van der Waals surface area contributed by atoms with Crippen molar-refractivity contribution in [1.29, 1.82) is 0 Å². The average Bonchev–Trinajstić information content (AvgIpc) is 2.87. The summed E-state index contributed by atoms with van der Waals surface area (Å²) in [7, 11) is 0. The molecule has 1 aromatic carbocycles. The van der Waals surface area contributed by atoms with E-state index in [1.807, 2.05) is 30.3 Å². The van der Waals surface area contributed by atoms with E-state index in [0.29, 0.717) is 12.6 Å². The summed E-state index contributed by atoms with van der Waals surface area (Å²) < 4.78 is 5.67. The molecule has 0 saturated carbocycles. The van der Waals surface area contributed by atoms with Crippen molar-refractivity contribution in [1.82, 2.24) is 10.3 Å². The highest BCUT2D eigenvalue weighted by molar-refractivity contribution is 7.09. The Hall–Kier alpha value is -1.39. The summed E-state index contributed by atoms with van der Waals surface area (Å²) >= 11 is 1.65. The van der Waals surface area contributed by atoms with Crippen LogP contribution in [0.25, 0.3) is 0 Å². The van der Waals surface area contributed by atoms with E-state index in [-0.39, 0.29) is 0 Å². The van der Waals surface area contributed by atoms with Crippen molar-refractivity contribution in [3.8, 4) is 5.75 Å². The van der Waals surface area contributed by atoms with Crippen LogP contribution in [0.3, 0.4) is 0 Å². The molecular weight excluding hydrogens is 244 g/mol. The molecule has 4 heteroatoms. The molecule has 0 aliphatic carbocycles. The van der Waals surface area contributed by atoms with Gasteiger partial charge in [-0.25, -0.2) is 4.98 Å². The lowest BCUT2D eigenvalue weighted by molar-refractivity contribution is 0.305. The molecule has 96 valence electrons. The number of nitrogens with one attached hydrogen (secondary N) is 1. The largest absolute Gasteiger partial charge is 0.486 e. The molecule has 0 aliphatic rings. The molecule has 1 unspecified atom stereocenters. The summed E-state index contributed by atoms with van der Waals surface area (Å²) in [4.78, 5) is 4.57. The second-order valence-corrected chi connectivity index (χ2v) is 4.99. The molecule has 0 aliphatic heterocycles. The van der Waals surface area contributed by atoms with Gasteiger partial charge in [-0.15, -0.1) is 11.3 Å². The Morgan fingerprint density at radius 3 is 2.83 bits per heavy atom. The topological polar surface area (TPSA) is 34.1 Å². The van der Waals surface area contributed by atoms with Gasteiger partial charge in [0, 0.05) is 11.4 Å². The fraction of sp³-hybridized carbons (Fsp3) is 0.357. The van der Waals surface area contributed by atoms with Gasteiger partial charge in [0.05, 0.1) is 5.69 Å². The third-order valence-corrected chi connectivity index (χ3v) is 3.47. The minimum atomic E-state index is 0.303.